The van der Waals surface area contributed by atoms with Crippen molar-refractivity contribution in [2.45, 2.75) is 26.3 Å². The zero-order valence-corrected chi connectivity index (χ0v) is 18.6. The molecule has 0 saturated heterocycles. The summed E-state index contributed by atoms with van der Waals surface area (Å²) in [5, 5.41) is 6.72. The number of nitrogens with one attached hydrogen (secondary N) is 2. The first kappa shape index (κ1) is 22.1. The van der Waals surface area contributed by atoms with Gasteiger partial charge in [0.15, 0.2) is 5.76 Å². The summed E-state index contributed by atoms with van der Waals surface area (Å²) in [5.74, 6) is 0.673. The van der Waals surface area contributed by atoms with Gasteiger partial charge in [0, 0.05) is 11.1 Å². The highest BCUT2D eigenvalue weighted by Gasteiger charge is 2.13. The van der Waals surface area contributed by atoms with Crippen LogP contribution in [0.3, 0.4) is 0 Å². The Morgan fingerprint density at radius 1 is 0.970 bits per heavy atom. The number of fused-ring (bicyclic) bond motifs is 1. The van der Waals surface area contributed by atoms with Crippen molar-refractivity contribution in [3.05, 3.63) is 95.7 Å². The third kappa shape index (κ3) is 5.60. The van der Waals surface area contributed by atoms with Crippen molar-refractivity contribution < 1.29 is 18.7 Å². The summed E-state index contributed by atoms with van der Waals surface area (Å²) in [6, 6.07) is 24.0. The third-order valence-electron chi connectivity index (χ3n) is 5.29. The Hall–Kier alpha value is -4.06. The van der Waals surface area contributed by atoms with E-state index in [1.807, 2.05) is 74.5 Å². The van der Waals surface area contributed by atoms with Crippen LogP contribution in [-0.4, -0.2) is 18.4 Å². The molecule has 2 N–H and O–H groups in total. The number of carbonyl (C=O) groups is 2. The zero-order valence-electron chi connectivity index (χ0n) is 18.6. The highest BCUT2D eigenvalue weighted by atomic mass is 16.5. The molecule has 6 heteroatoms. The number of carbonyl (C=O) groups excluding carboxylic acids is 2. The summed E-state index contributed by atoms with van der Waals surface area (Å²) in [6.07, 6.45) is 0.249. The maximum Gasteiger partial charge on any atom is 0.291 e. The van der Waals surface area contributed by atoms with Crippen LogP contribution in [0.25, 0.3) is 11.0 Å². The lowest BCUT2D eigenvalue weighted by Crippen LogP contribution is -2.28. The molecule has 33 heavy (non-hydrogen) atoms. The van der Waals surface area contributed by atoms with E-state index in [-0.39, 0.29) is 30.0 Å². The Kier molecular flexibility index (Phi) is 6.74. The number of rotatable bonds is 8. The van der Waals surface area contributed by atoms with E-state index in [4.69, 9.17) is 9.15 Å². The smallest absolute Gasteiger partial charge is 0.291 e. The van der Waals surface area contributed by atoms with Crippen LogP contribution in [0.2, 0.25) is 0 Å². The lowest BCUT2D eigenvalue weighted by Gasteiger charge is -2.15. The van der Waals surface area contributed by atoms with Gasteiger partial charge in [0.25, 0.3) is 5.91 Å². The minimum Gasteiger partial charge on any atom is -0.494 e. The molecule has 168 valence electrons. The van der Waals surface area contributed by atoms with Gasteiger partial charge in [-0.1, -0.05) is 42.5 Å². The number of anilines is 1. The lowest BCUT2D eigenvalue weighted by atomic mass is 10.1. The minimum atomic E-state index is -0.319. The topological polar surface area (TPSA) is 80.6 Å². The second kappa shape index (κ2) is 10.0. The monoisotopic (exact) mass is 442 g/mol. The van der Waals surface area contributed by atoms with Gasteiger partial charge >= 0.3 is 0 Å². The van der Waals surface area contributed by atoms with E-state index in [0.29, 0.717) is 17.9 Å². The first-order valence-electron chi connectivity index (χ1n) is 10.9. The molecular weight excluding hydrogens is 416 g/mol. The molecule has 0 spiro atoms. The van der Waals surface area contributed by atoms with Gasteiger partial charge in [-0.3, -0.25) is 9.59 Å². The second-order valence-corrected chi connectivity index (χ2v) is 7.77. The van der Waals surface area contributed by atoms with Gasteiger partial charge < -0.3 is 19.8 Å². The van der Waals surface area contributed by atoms with E-state index in [1.54, 1.807) is 18.2 Å². The average molecular weight is 443 g/mol. The first-order valence-corrected chi connectivity index (χ1v) is 10.9. The van der Waals surface area contributed by atoms with Crippen molar-refractivity contribution in [2.75, 3.05) is 11.9 Å². The predicted octanol–water partition coefficient (Wildman–Crippen LogP) is 5.50. The summed E-state index contributed by atoms with van der Waals surface area (Å²) < 4.78 is 11.1. The molecule has 1 heterocycles. The van der Waals surface area contributed by atoms with Gasteiger partial charge in [-0.25, -0.2) is 0 Å². The highest BCUT2D eigenvalue weighted by molar-refractivity contribution is 6.04. The summed E-state index contributed by atoms with van der Waals surface area (Å²) in [4.78, 5) is 25.0. The van der Waals surface area contributed by atoms with Crippen molar-refractivity contribution in [1.29, 1.82) is 0 Å². The summed E-state index contributed by atoms with van der Waals surface area (Å²) in [6.45, 7) is 4.51. The molecule has 1 atom stereocenters. The Balaban J connectivity index is 1.31. The fourth-order valence-electron chi connectivity index (χ4n) is 3.57. The van der Waals surface area contributed by atoms with Gasteiger partial charge in [-0.05, 0) is 61.4 Å². The van der Waals surface area contributed by atoms with Crippen molar-refractivity contribution in [3.8, 4) is 5.75 Å². The predicted molar refractivity (Wildman–Crippen MR) is 128 cm³/mol. The molecule has 0 bridgehead atoms. The second-order valence-electron chi connectivity index (χ2n) is 7.77. The van der Waals surface area contributed by atoms with Gasteiger partial charge in [0.1, 0.15) is 11.3 Å². The number of furan rings is 1. The molecule has 4 aromatic rings. The molecule has 2 amide bonds. The molecule has 1 aromatic heterocycles. The number of hydrogen-bond donors (Lipinski definition) is 2. The normalized spacial score (nSPS) is 11.7. The van der Waals surface area contributed by atoms with Crippen LogP contribution in [0.4, 0.5) is 5.69 Å². The molecular formula is C27H26N2O4. The van der Waals surface area contributed by atoms with Crippen LogP contribution in [-0.2, 0) is 11.2 Å². The maximum absolute atomic E-state index is 12.5. The van der Waals surface area contributed by atoms with Crippen LogP contribution >= 0.6 is 0 Å². The van der Waals surface area contributed by atoms with Crippen LogP contribution in [0, 0.1) is 0 Å². The van der Waals surface area contributed by atoms with E-state index in [0.717, 1.165) is 22.3 Å². The third-order valence-corrected chi connectivity index (χ3v) is 5.29. The Labute approximate surface area is 192 Å². The van der Waals surface area contributed by atoms with Gasteiger partial charge in [-0.2, -0.15) is 0 Å². The van der Waals surface area contributed by atoms with E-state index in [9.17, 15) is 9.59 Å². The SMILES string of the molecule is CCOc1ccc(C(C)NC(=O)Cc2ccc(NC(=O)c3cc4ccccc4o3)cc2)cc1. The van der Waals surface area contributed by atoms with Gasteiger partial charge in [-0.15, -0.1) is 0 Å². The van der Waals surface area contributed by atoms with E-state index in [1.165, 1.54) is 0 Å². The maximum atomic E-state index is 12.5. The van der Waals surface area contributed by atoms with Crippen molar-refractivity contribution in [3.63, 3.8) is 0 Å². The van der Waals surface area contributed by atoms with Gasteiger partial charge in [0.2, 0.25) is 5.91 Å². The summed E-state index contributed by atoms with van der Waals surface area (Å²) >= 11 is 0. The van der Waals surface area contributed by atoms with Crippen molar-refractivity contribution in [2.24, 2.45) is 0 Å². The zero-order chi connectivity index (χ0) is 23.2. The van der Waals surface area contributed by atoms with Crippen LogP contribution < -0.4 is 15.4 Å². The molecule has 6 nitrogen and oxygen atoms in total. The van der Waals surface area contributed by atoms with Crippen LogP contribution in [0.5, 0.6) is 5.75 Å². The van der Waals surface area contributed by atoms with Crippen LogP contribution in [0.1, 0.15) is 41.6 Å². The lowest BCUT2D eigenvalue weighted by molar-refractivity contribution is -0.121. The quantitative estimate of drug-likeness (QED) is 0.377. The molecule has 4 rings (SSSR count). The summed E-state index contributed by atoms with van der Waals surface area (Å²) in [7, 11) is 0. The first-order chi connectivity index (χ1) is 16.0. The molecule has 0 fully saturated rings. The van der Waals surface area contributed by atoms with Gasteiger partial charge in [0.05, 0.1) is 19.1 Å². The van der Waals surface area contributed by atoms with E-state index in [2.05, 4.69) is 10.6 Å². The average Bonchev–Trinajstić information content (AvgIpc) is 3.25. The fraction of sp³-hybridized carbons (Fsp3) is 0.185. The molecule has 1 unspecified atom stereocenters. The number of para-hydroxylation sites is 1. The number of benzene rings is 3. The summed E-state index contributed by atoms with van der Waals surface area (Å²) in [5.41, 5.74) is 3.17. The van der Waals surface area contributed by atoms with E-state index >= 15 is 0 Å². The van der Waals surface area contributed by atoms with E-state index < -0.39 is 0 Å². The van der Waals surface area contributed by atoms with Crippen molar-refractivity contribution in [1.82, 2.24) is 5.32 Å². The Morgan fingerprint density at radius 3 is 2.39 bits per heavy atom. The molecule has 0 radical (unpaired) electrons. The molecule has 0 aliphatic carbocycles. The Bertz CT molecular complexity index is 1210. The number of amides is 2. The molecule has 0 aliphatic rings. The highest BCUT2D eigenvalue weighted by Crippen LogP contribution is 2.21. The largest absolute Gasteiger partial charge is 0.494 e. The number of hydrogen-bond acceptors (Lipinski definition) is 4. The molecule has 3 aromatic carbocycles. The standard InChI is InChI=1S/C27H26N2O4/c1-3-32-23-14-10-20(11-15-23)18(2)28-26(30)16-19-8-12-22(13-9-19)29-27(31)25-17-21-6-4-5-7-24(21)33-25/h4-15,17-18H,3,16H2,1-2H3,(H,28,30)(H,29,31). The number of ether oxygens (including phenoxy) is 1. The molecule has 0 saturated carbocycles. The minimum absolute atomic E-state index is 0.0737. The Morgan fingerprint density at radius 2 is 1.70 bits per heavy atom. The fourth-order valence-corrected chi connectivity index (χ4v) is 3.57. The van der Waals surface area contributed by atoms with Crippen LogP contribution in [0.15, 0.2) is 83.3 Å². The molecule has 0 aliphatic heterocycles. The van der Waals surface area contributed by atoms with Crippen molar-refractivity contribution >= 4 is 28.5 Å².